The van der Waals surface area contributed by atoms with E-state index in [0.29, 0.717) is 0 Å². The normalized spacial score (nSPS) is 11.0. The molecule has 0 aromatic carbocycles. The quantitative estimate of drug-likeness (QED) is 0.521. The molecular weight excluding hydrogens is 120 g/mol. The molecule has 0 bridgehead atoms. The van der Waals surface area contributed by atoms with Crippen molar-refractivity contribution < 1.29 is 9.53 Å². The second kappa shape index (κ2) is 2.68. The van der Waals surface area contributed by atoms with Crippen molar-refractivity contribution >= 4 is 6.03 Å². The number of nitrogens with one attached hydrogen (secondary N) is 1. The van der Waals surface area contributed by atoms with E-state index in [2.05, 4.69) is 5.32 Å². The molecule has 0 aromatic rings. The van der Waals surface area contributed by atoms with Gasteiger partial charge in [-0.1, -0.05) is 0 Å². The molecule has 0 fully saturated rings. The Morgan fingerprint density at radius 1 is 1.67 bits per heavy atom. The highest BCUT2D eigenvalue weighted by molar-refractivity contribution is 5.72. The summed E-state index contributed by atoms with van der Waals surface area (Å²) in [5, 5.41) is 2.39. The van der Waals surface area contributed by atoms with Crippen LogP contribution in [0.15, 0.2) is 0 Å². The average Bonchev–Trinajstić information content (AvgIpc) is 1.63. The Kier molecular flexibility index (Phi) is 2.45. The van der Waals surface area contributed by atoms with Gasteiger partial charge in [0.1, 0.15) is 5.72 Å². The topological polar surface area (TPSA) is 64.3 Å². The number of carbonyl (C=O) groups is 1. The van der Waals surface area contributed by atoms with Gasteiger partial charge in [0.15, 0.2) is 0 Å². The van der Waals surface area contributed by atoms with Crippen LogP contribution < -0.4 is 11.1 Å². The summed E-state index contributed by atoms with van der Waals surface area (Å²) in [4.78, 5) is 10.2. The van der Waals surface area contributed by atoms with Crippen molar-refractivity contribution in [3.63, 3.8) is 0 Å². The average molecular weight is 132 g/mol. The Morgan fingerprint density at radius 2 is 2.11 bits per heavy atom. The molecule has 4 nitrogen and oxygen atoms in total. The molecule has 0 aromatic heterocycles. The third-order valence-corrected chi connectivity index (χ3v) is 0.935. The number of hydrogen-bond acceptors (Lipinski definition) is 2. The molecular formula is C5H12N2O2. The molecule has 0 rings (SSSR count). The maximum Gasteiger partial charge on any atom is 0.314 e. The minimum Gasteiger partial charge on any atom is -0.360 e. The maximum absolute atomic E-state index is 10.2. The molecule has 0 aliphatic heterocycles. The van der Waals surface area contributed by atoms with Crippen molar-refractivity contribution in [3.05, 3.63) is 0 Å². The molecule has 4 heteroatoms. The molecule has 0 atom stereocenters. The van der Waals surface area contributed by atoms with Crippen molar-refractivity contribution in [2.45, 2.75) is 19.6 Å². The standard InChI is InChI=1S/C5H12N2O2/c1-5(2,9-3)7-4(6)8/h1-3H3,(H3,6,7,8). The van der Waals surface area contributed by atoms with Crippen LogP contribution in [0.4, 0.5) is 4.79 Å². The Hall–Kier alpha value is -0.770. The first kappa shape index (κ1) is 8.23. The van der Waals surface area contributed by atoms with Crippen molar-refractivity contribution in [2.24, 2.45) is 5.73 Å². The van der Waals surface area contributed by atoms with E-state index in [0.717, 1.165) is 0 Å². The number of rotatable bonds is 2. The lowest BCUT2D eigenvalue weighted by molar-refractivity contribution is 0.00420. The van der Waals surface area contributed by atoms with Crippen LogP contribution in [0.1, 0.15) is 13.8 Å². The number of hydrogen-bond donors (Lipinski definition) is 2. The minimum atomic E-state index is -0.661. The van der Waals surface area contributed by atoms with Gasteiger partial charge in [0.25, 0.3) is 0 Å². The predicted molar refractivity (Wildman–Crippen MR) is 33.8 cm³/mol. The third kappa shape index (κ3) is 3.78. The SMILES string of the molecule is COC(C)(C)NC(N)=O. The number of amides is 2. The highest BCUT2D eigenvalue weighted by Crippen LogP contribution is 1.99. The lowest BCUT2D eigenvalue weighted by Crippen LogP contribution is -2.47. The first-order chi connectivity index (χ1) is 3.98. The Balaban J connectivity index is 3.71. The Bertz CT molecular complexity index is 112. The van der Waals surface area contributed by atoms with Crippen molar-refractivity contribution in [3.8, 4) is 0 Å². The molecule has 9 heavy (non-hydrogen) atoms. The van der Waals surface area contributed by atoms with Crippen molar-refractivity contribution in [1.82, 2.24) is 5.32 Å². The number of urea groups is 1. The number of ether oxygens (including phenoxy) is 1. The van der Waals surface area contributed by atoms with E-state index in [1.54, 1.807) is 13.8 Å². The van der Waals surface area contributed by atoms with Crippen LogP contribution in [0, 0.1) is 0 Å². The van der Waals surface area contributed by atoms with Gasteiger partial charge >= 0.3 is 6.03 Å². The second-order valence-corrected chi connectivity index (χ2v) is 2.20. The fourth-order valence-corrected chi connectivity index (χ4v) is 0.348. The summed E-state index contributed by atoms with van der Waals surface area (Å²) in [7, 11) is 1.50. The second-order valence-electron chi connectivity index (χ2n) is 2.20. The van der Waals surface area contributed by atoms with E-state index < -0.39 is 11.8 Å². The van der Waals surface area contributed by atoms with Gasteiger partial charge in [0, 0.05) is 7.11 Å². The zero-order valence-corrected chi connectivity index (χ0v) is 5.89. The Labute approximate surface area is 54.4 Å². The third-order valence-electron chi connectivity index (χ3n) is 0.935. The van der Waals surface area contributed by atoms with Crippen LogP contribution in [-0.2, 0) is 4.74 Å². The molecule has 0 saturated heterocycles. The van der Waals surface area contributed by atoms with Gasteiger partial charge in [-0.15, -0.1) is 0 Å². The van der Waals surface area contributed by atoms with E-state index in [9.17, 15) is 4.79 Å². The van der Waals surface area contributed by atoms with Crippen LogP contribution in [0.5, 0.6) is 0 Å². The summed E-state index contributed by atoms with van der Waals surface area (Å²) < 4.78 is 4.84. The molecule has 2 amide bonds. The smallest absolute Gasteiger partial charge is 0.314 e. The molecule has 0 aliphatic carbocycles. The van der Waals surface area contributed by atoms with Crippen LogP contribution in [0.3, 0.4) is 0 Å². The largest absolute Gasteiger partial charge is 0.360 e. The minimum absolute atomic E-state index is 0.582. The first-order valence-corrected chi connectivity index (χ1v) is 2.61. The zero-order chi connectivity index (χ0) is 7.49. The van der Waals surface area contributed by atoms with Crippen LogP contribution in [-0.4, -0.2) is 18.9 Å². The summed E-state index contributed by atoms with van der Waals surface area (Å²) in [5.74, 6) is 0. The van der Waals surface area contributed by atoms with Crippen LogP contribution >= 0.6 is 0 Å². The van der Waals surface area contributed by atoms with Gasteiger partial charge in [-0.25, -0.2) is 4.79 Å². The van der Waals surface area contributed by atoms with E-state index in [-0.39, 0.29) is 0 Å². The molecule has 0 spiro atoms. The van der Waals surface area contributed by atoms with Gasteiger partial charge in [-0.05, 0) is 13.8 Å². The molecule has 54 valence electrons. The number of carbonyl (C=O) groups excluding carboxylic acids is 1. The zero-order valence-electron chi connectivity index (χ0n) is 5.89. The maximum atomic E-state index is 10.2. The molecule has 0 aliphatic rings. The summed E-state index contributed by atoms with van der Waals surface area (Å²) in [6.07, 6.45) is 0. The highest BCUT2D eigenvalue weighted by Gasteiger charge is 2.16. The first-order valence-electron chi connectivity index (χ1n) is 2.61. The fourth-order valence-electron chi connectivity index (χ4n) is 0.348. The predicted octanol–water partition coefficient (Wildman–Crippen LogP) is 0.0372. The number of nitrogens with two attached hydrogens (primary N) is 1. The summed E-state index contributed by atoms with van der Waals surface area (Å²) in [5.41, 5.74) is 4.16. The lowest BCUT2D eigenvalue weighted by Gasteiger charge is -2.22. The monoisotopic (exact) mass is 132 g/mol. The lowest BCUT2D eigenvalue weighted by atomic mass is 10.3. The van der Waals surface area contributed by atoms with Gasteiger partial charge < -0.3 is 15.8 Å². The van der Waals surface area contributed by atoms with Crippen molar-refractivity contribution in [2.75, 3.05) is 7.11 Å². The van der Waals surface area contributed by atoms with Gasteiger partial charge in [0.2, 0.25) is 0 Å². The number of methoxy groups -OCH3 is 1. The van der Waals surface area contributed by atoms with Gasteiger partial charge in [-0.3, -0.25) is 0 Å². The van der Waals surface area contributed by atoms with Gasteiger partial charge in [-0.2, -0.15) is 0 Å². The van der Waals surface area contributed by atoms with E-state index in [4.69, 9.17) is 10.5 Å². The summed E-state index contributed by atoms with van der Waals surface area (Å²) >= 11 is 0. The van der Waals surface area contributed by atoms with Crippen LogP contribution in [0.2, 0.25) is 0 Å². The Morgan fingerprint density at radius 3 is 2.22 bits per heavy atom. The molecule has 0 radical (unpaired) electrons. The molecule has 0 unspecified atom stereocenters. The molecule has 3 N–H and O–H groups in total. The van der Waals surface area contributed by atoms with E-state index in [1.807, 2.05) is 0 Å². The van der Waals surface area contributed by atoms with Gasteiger partial charge in [0.05, 0.1) is 0 Å². The highest BCUT2D eigenvalue weighted by atomic mass is 16.5. The fraction of sp³-hybridized carbons (Fsp3) is 0.800. The summed E-state index contributed by atoms with van der Waals surface area (Å²) in [6, 6.07) is -0.582. The summed E-state index contributed by atoms with van der Waals surface area (Å²) in [6.45, 7) is 3.41. The van der Waals surface area contributed by atoms with Crippen LogP contribution in [0.25, 0.3) is 0 Å². The van der Waals surface area contributed by atoms with E-state index in [1.165, 1.54) is 7.11 Å². The molecule has 0 saturated carbocycles. The van der Waals surface area contributed by atoms with E-state index >= 15 is 0 Å². The van der Waals surface area contributed by atoms with Crippen molar-refractivity contribution in [1.29, 1.82) is 0 Å². The number of primary amides is 1. The molecule has 0 heterocycles.